The van der Waals surface area contributed by atoms with Crippen LogP contribution >= 0.6 is 0 Å². The van der Waals surface area contributed by atoms with Crippen molar-refractivity contribution in [2.45, 2.75) is 30.7 Å². The van der Waals surface area contributed by atoms with Crippen LogP contribution in [0.2, 0.25) is 0 Å². The summed E-state index contributed by atoms with van der Waals surface area (Å²) in [5, 5.41) is 69.3. The van der Waals surface area contributed by atoms with Crippen molar-refractivity contribution >= 4 is 0 Å². The first-order valence-corrected chi connectivity index (χ1v) is 6.20. The van der Waals surface area contributed by atoms with Crippen molar-refractivity contribution in [3.8, 4) is 0 Å². The standard InChI is InChI=1S/C7H8O2.C6H14O6/c8-7(9)6-4-2-1-3-5-6;7-1-3(9)5(11)6(12)4(10)2-8/h1-5,7-9H;3-12H,1-2H2. The van der Waals surface area contributed by atoms with Gasteiger partial charge in [0.25, 0.3) is 0 Å². The molecule has 0 bridgehead atoms. The molecule has 0 aliphatic carbocycles. The average molecular weight is 306 g/mol. The molecule has 8 nitrogen and oxygen atoms in total. The van der Waals surface area contributed by atoms with Crippen LogP contribution in [-0.2, 0) is 0 Å². The first-order chi connectivity index (χ1) is 9.84. The summed E-state index contributed by atoms with van der Waals surface area (Å²) in [6.45, 7) is -1.45. The molecule has 0 heterocycles. The summed E-state index contributed by atoms with van der Waals surface area (Å²) in [7, 11) is 0. The lowest BCUT2D eigenvalue weighted by atomic mass is 10.0. The molecule has 122 valence electrons. The smallest absolute Gasteiger partial charge is 0.178 e. The van der Waals surface area contributed by atoms with Crippen LogP contribution in [0.25, 0.3) is 0 Å². The molecule has 8 N–H and O–H groups in total. The van der Waals surface area contributed by atoms with Crippen LogP contribution in [0.4, 0.5) is 0 Å². The van der Waals surface area contributed by atoms with E-state index in [1.807, 2.05) is 6.07 Å². The second-order valence-electron chi connectivity index (χ2n) is 4.27. The fourth-order valence-corrected chi connectivity index (χ4v) is 1.30. The molecule has 0 amide bonds. The van der Waals surface area contributed by atoms with Crippen molar-refractivity contribution in [2.75, 3.05) is 13.2 Å². The summed E-state index contributed by atoms with van der Waals surface area (Å²) in [6.07, 6.45) is -7.73. The molecule has 8 heteroatoms. The number of hydrogen-bond donors (Lipinski definition) is 8. The summed E-state index contributed by atoms with van der Waals surface area (Å²) >= 11 is 0. The van der Waals surface area contributed by atoms with Gasteiger partial charge in [0.1, 0.15) is 24.4 Å². The van der Waals surface area contributed by atoms with Gasteiger partial charge < -0.3 is 40.9 Å². The van der Waals surface area contributed by atoms with Gasteiger partial charge in [-0.3, -0.25) is 0 Å². The van der Waals surface area contributed by atoms with Gasteiger partial charge in [-0.2, -0.15) is 0 Å². The molecule has 0 aromatic heterocycles. The van der Waals surface area contributed by atoms with Gasteiger partial charge in [0.15, 0.2) is 6.29 Å². The number of aliphatic hydroxyl groups excluding tert-OH is 7. The van der Waals surface area contributed by atoms with Crippen LogP contribution in [-0.4, -0.2) is 78.5 Å². The lowest BCUT2D eigenvalue weighted by molar-refractivity contribution is -0.123. The Hall–Kier alpha value is -1.10. The van der Waals surface area contributed by atoms with E-state index in [2.05, 4.69) is 0 Å². The summed E-state index contributed by atoms with van der Waals surface area (Å²) in [5.74, 6) is 0. The maximum absolute atomic E-state index is 8.96. The van der Waals surface area contributed by atoms with Crippen molar-refractivity contribution in [3.63, 3.8) is 0 Å². The summed E-state index contributed by atoms with van der Waals surface area (Å²) in [5.41, 5.74) is 0.525. The highest BCUT2D eigenvalue weighted by atomic mass is 16.5. The molecule has 1 aromatic rings. The first-order valence-electron chi connectivity index (χ1n) is 6.20. The van der Waals surface area contributed by atoms with E-state index in [0.29, 0.717) is 5.56 Å². The van der Waals surface area contributed by atoms with Gasteiger partial charge in [0, 0.05) is 5.56 Å². The lowest BCUT2D eigenvalue weighted by Gasteiger charge is -2.24. The maximum atomic E-state index is 8.96. The topological polar surface area (TPSA) is 162 Å². The molecular formula is C13H22O8. The Kier molecular flexibility index (Phi) is 10.0. The van der Waals surface area contributed by atoms with E-state index in [-0.39, 0.29) is 0 Å². The fraction of sp³-hybridized carbons (Fsp3) is 0.538. The Morgan fingerprint density at radius 3 is 1.29 bits per heavy atom. The molecule has 21 heavy (non-hydrogen) atoms. The van der Waals surface area contributed by atoms with Crippen molar-refractivity contribution in [1.29, 1.82) is 0 Å². The summed E-state index contributed by atoms with van der Waals surface area (Å²) in [4.78, 5) is 0. The zero-order chi connectivity index (χ0) is 16.4. The van der Waals surface area contributed by atoms with Gasteiger partial charge >= 0.3 is 0 Å². The second-order valence-corrected chi connectivity index (χ2v) is 4.27. The van der Waals surface area contributed by atoms with E-state index in [4.69, 9.17) is 40.9 Å². The Labute approximate surface area is 121 Å². The molecule has 0 saturated carbocycles. The SMILES string of the molecule is OC(O)c1ccccc1.OCC(O)C(O)C(O)C(O)CO. The van der Waals surface area contributed by atoms with E-state index in [0.717, 1.165) is 0 Å². The van der Waals surface area contributed by atoms with E-state index in [1.165, 1.54) is 0 Å². The van der Waals surface area contributed by atoms with Crippen LogP contribution in [0.1, 0.15) is 11.9 Å². The quantitative estimate of drug-likeness (QED) is 0.259. The van der Waals surface area contributed by atoms with Gasteiger partial charge in [-0.25, -0.2) is 0 Å². The summed E-state index contributed by atoms with van der Waals surface area (Å²) < 4.78 is 0. The van der Waals surface area contributed by atoms with Crippen LogP contribution < -0.4 is 0 Å². The van der Waals surface area contributed by atoms with Gasteiger partial charge in [-0.15, -0.1) is 0 Å². The average Bonchev–Trinajstić information content (AvgIpc) is 2.53. The largest absolute Gasteiger partial charge is 0.394 e. The van der Waals surface area contributed by atoms with Crippen molar-refractivity contribution < 1.29 is 40.9 Å². The van der Waals surface area contributed by atoms with E-state index in [9.17, 15) is 0 Å². The second kappa shape index (κ2) is 10.6. The molecule has 0 aliphatic heterocycles. The third-order valence-corrected chi connectivity index (χ3v) is 2.61. The molecule has 4 unspecified atom stereocenters. The van der Waals surface area contributed by atoms with Crippen LogP contribution in [0.3, 0.4) is 0 Å². The predicted molar refractivity (Wildman–Crippen MR) is 71.8 cm³/mol. The van der Waals surface area contributed by atoms with Gasteiger partial charge in [0.05, 0.1) is 13.2 Å². The number of aliphatic hydroxyl groups is 8. The van der Waals surface area contributed by atoms with Crippen molar-refractivity contribution in [2.24, 2.45) is 0 Å². The Balaban J connectivity index is 0.000000394. The van der Waals surface area contributed by atoms with Gasteiger partial charge in [-0.1, -0.05) is 30.3 Å². The molecule has 0 fully saturated rings. The normalized spacial score (nSPS) is 16.6. The fourth-order valence-electron chi connectivity index (χ4n) is 1.30. The van der Waals surface area contributed by atoms with Crippen LogP contribution in [0.5, 0.6) is 0 Å². The molecule has 0 spiro atoms. The monoisotopic (exact) mass is 306 g/mol. The lowest BCUT2D eigenvalue weighted by Crippen LogP contribution is -2.46. The zero-order valence-electron chi connectivity index (χ0n) is 11.3. The molecule has 0 aliphatic rings. The van der Waals surface area contributed by atoms with Crippen LogP contribution in [0, 0.1) is 0 Å². The third-order valence-electron chi connectivity index (χ3n) is 2.61. The summed E-state index contributed by atoms with van der Waals surface area (Å²) in [6, 6.07) is 8.66. The Morgan fingerprint density at radius 2 is 1.05 bits per heavy atom. The van der Waals surface area contributed by atoms with Crippen LogP contribution in [0.15, 0.2) is 30.3 Å². The number of hydrogen-bond acceptors (Lipinski definition) is 8. The number of benzene rings is 1. The Morgan fingerprint density at radius 1 is 0.667 bits per heavy atom. The zero-order valence-corrected chi connectivity index (χ0v) is 11.3. The molecule has 1 rings (SSSR count). The minimum atomic E-state index is -1.67. The first kappa shape index (κ1) is 19.9. The maximum Gasteiger partial charge on any atom is 0.178 e. The van der Waals surface area contributed by atoms with E-state index >= 15 is 0 Å². The molecule has 4 atom stereocenters. The Bertz CT molecular complexity index is 344. The number of rotatable bonds is 6. The molecule has 0 radical (unpaired) electrons. The molecule has 0 saturated heterocycles. The van der Waals surface area contributed by atoms with E-state index < -0.39 is 43.9 Å². The highest BCUT2D eigenvalue weighted by molar-refractivity contribution is 5.15. The van der Waals surface area contributed by atoms with E-state index in [1.54, 1.807) is 24.3 Å². The van der Waals surface area contributed by atoms with Gasteiger partial charge in [0.2, 0.25) is 0 Å². The highest BCUT2D eigenvalue weighted by Crippen LogP contribution is 2.06. The minimum absolute atomic E-state index is 0.525. The highest BCUT2D eigenvalue weighted by Gasteiger charge is 2.29. The molecular weight excluding hydrogens is 284 g/mol. The minimum Gasteiger partial charge on any atom is -0.394 e. The molecule has 1 aromatic carbocycles. The van der Waals surface area contributed by atoms with Crippen molar-refractivity contribution in [3.05, 3.63) is 35.9 Å². The predicted octanol–water partition coefficient (Wildman–Crippen LogP) is -2.92. The van der Waals surface area contributed by atoms with Crippen molar-refractivity contribution in [1.82, 2.24) is 0 Å². The third kappa shape index (κ3) is 7.46. The van der Waals surface area contributed by atoms with Gasteiger partial charge in [-0.05, 0) is 0 Å².